The number of nitrogens with two attached hydrogens (primary N) is 1. The molecule has 0 unspecified atom stereocenters. The van der Waals surface area contributed by atoms with Crippen molar-refractivity contribution < 1.29 is 18.7 Å². The van der Waals surface area contributed by atoms with Crippen LogP contribution in [0.15, 0.2) is 52.9 Å². The van der Waals surface area contributed by atoms with Crippen LogP contribution >= 0.6 is 0 Å². The second kappa shape index (κ2) is 7.47. The first-order valence-corrected chi connectivity index (χ1v) is 7.74. The van der Waals surface area contributed by atoms with Crippen LogP contribution in [0.5, 0.6) is 0 Å². The highest BCUT2D eigenvalue weighted by Gasteiger charge is 2.13. The Morgan fingerprint density at radius 1 is 1.15 bits per heavy atom. The molecule has 0 atom stereocenters. The summed E-state index contributed by atoms with van der Waals surface area (Å²) in [5, 5.41) is 10.2. The van der Waals surface area contributed by atoms with Gasteiger partial charge in [0.1, 0.15) is 0 Å². The van der Waals surface area contributed by atoms with Crippen molar-refractivity contribution in [2.75, 3.05) is 5.32 Å². The van der Waals surface area contributed by atoms with E-state index in [4.69, 9.17) is 14.9 Å². The molecule has 0 radical (unpaired) electrons. The van der Waals surface area contributed by atoms with Crippen LogP contribution in [0.1, 0.15) is 21.8 Å². The van der Waals surface area contributed by atoms with Gasteiger partial charge in [-0.25, -0.2) is 9.59 Å². The van der Waals surface area contributed by atoms with E-state index in [1.807, 2.05) is 31.2 Å². The van der Waals surface area contributed by atoms with Crippen molar-refractivity contribution >= 4 is 17.7 Å². The van der Waals surface area contributed by atoms with E-state index in [0.29, 0.717) is 11.6 Å². The molecule has 0 fully saturated rings. The van der Waals surface area contributed by atoms with Crippen molar-refractivity contribution in [2.45, 2.75) is 13.5 Å². The van der Waals surface area contributed by atoms with E-state index in [1.54, 1.807) is 18.2 Å². The number of benzene rings is 2. The van der Waals surface area contributed by atoms with Gasteiger partial charge in [-0.1, -0.05) is 23.8 Å². The van der Waals surface area contributed by atoms with Crippen molar-refractivity contribution in [3.63, 3.8) is 0 Å². The predicted octanol–water partition coefficient (Wildman–Crippen LogP) is 2.89. The molecule has 1 heterocycles. The van der Waals surface area contributed by atoms with Crippen molar-refractivity contribution in [1.82, 2.24) is 10.2 Å². The van der Waals surface area contributed by atoms with E-state index in [9.17, 15) is 9.59 Å². The molecule has 0 aliphatic heterocycles. The van der Waals surface area contributed by atoms with Gasteiger partial charge in [0.2, 0.25) is 5.89 Å². The quantitative estimate of drug-likeness (QED) is 0.681. The van der Waals surface area contributed by atoms with Gasteiger partial charge >= 0.3 is 12.0 Å². The smallest absolute Gasteiger partial charge is 0.338 e. The highest BCUT2D eigenvalue weighted by molar-refractivity contribution is 5.93. The summed E-state index contributed by atoms with van der Waals surface area (Å²) in [5.41, 5.74) is 7.56. The molecule has 3 N–H and O–H groups in total. The van der Waals surface area contributed by atoms with E-state index in [2.05, 4.69) is 15.5 Å². The number of amides is 2. The number of ether oxygens (including phenoxy) is 1. The Balaban J connectivity index is 1.64. The molecule has 26 heavy (non-hydrogen) atoms. The van der Waals surface area contributed by atoms with Gasteiger partial charge in [0.25, 0.3) is 5.89 Å². The van der Waals surface area contributed by atoms with Crippen molar-refractivity contribution in [1.29, 1.82) is 0 Å². The monoisotopic (exact) mass is 352 g/mol. The number of nitrogens with one attached hydrogen (secondary N) is 1. The lowest BCUT2D eigenvalue weighted by molar-refractivity contribution is 0.0438. The van der Waals surface area contributed by atoms with E-state index in [-0.39, 0.29) is 18.1 Å². The highest BCUT2D eigenvalue weighted by Crippen LogP contribution is 2.19. The van der Waals surface area contributed by atoms with Crippen molar-refractivity contribution in [3.8, 4) is 11.5 Å². The number of rotatable bonds is 5. The number of aromatic nitrogens is 2. The second-order valence-corrected chi connectivity index (χ2v) is 5.52. The molecule has 3 aromatic rings. The van der Waals surface area contributed by atoms with Gasteiger partial charge in [-0.3, -0.25) is 0 Å². The number of hydrogen-bond donors (Lipinski definition) is 2. The van der Waals surface area contributed by atoms with Gasteiger partial charge < -0.3 is 20.2 Å². The van der Waals surface area contributed by atoms with E-state index >= 15 is 0 Å². The standard InChI is InChI=1S/C18H16N4O4/c1-11-4-2-5-12(8-11)16-22-21-15(26-16)10-25-17(23)13-6-3-7-14(9-13)20-18(19)24/h2-9H,10H2,1H3,(H3,19,20,24). The summed E-state index contributed by atoms with van der Waals surface area (Å²) >= 11 is 0. The van der Waals surface area contributed by atoms with Crippen LogP contribution in [0.4, 0.5) is 10.5 Å². The maximum Gasteiger partial charge on any atom is 0.338 e. The van der Waals surface area contributed by atoms with Crippen molar-refractivity contribution in [2.24, 2.45) is 5.73 Å². The number of hydrogen-bond acceptors (Lipinski definition) is 6. The zero-order chi connectivity index (χ0) is 18.5. The molecule has 1 aromatic heterocycles. The van der Waals surface area contributed by atoms with Crippen LogP contribution in [0.3, 0.4) is 0 Å². The number of nitrogens with zero attached hydrogens (tertiary/aromatic N) is 2. The van der Waals surface area contributed by atoms with Gasteiger partial charge in [0.05, 0.1) is 5.56 Å². The molecule has 0 saturated carbocycles. The van der Waals surface area contributed by atoms with Gasteiger partial charge in [0, 0.05) is 11.3 Å². The van der Waals surface area contributed by atoms with Crippen LogP contribution in [0, 0.1) is 6.92 Å². The van der Waals surface area contributed by atoms with Gasteiger partial charge in [-0.15, -0.1) is 10.2 Å². The lowest BCUT2D eigenvalue weighted by Crippen LogP contribution is -2.19. The largest absolute Gasteiger partial charge is 0.452 e. The highest BCUT2D eigenvalue weighted by atomic mass is 16.5. The fraction of sp³-hybridized carbons (Fsp3) is 0.111. The molecular formula is C18H16N4O4. The molecule has 132 valence electrons. The maximum atomic E-state index is 12.1. The minimum atomic E-state index is -0.718. The molecule has 3 rings (SSSR count). The fourth-order valence-electron chi connectivity index (χ4n) is 2.28. The number of primary amides is 1. The van der Waals surface area contributed by atoms with Gasteiger partial charge in [-0.05, 0) is 37.3 Å². The fourth-order valence-corrected chi connectivity index (χ4v) is 2.28. The average molecular weight is 352 g/mol. The molecule has 0 aliphatic rings. The molecule has 0 spiro atoms. The first kappa shape index (κ1) is 17.2. The Kier molecular flexibility index (Phi) is 4.93. The Bertz CT molecular complexity index is 952. The van der Waals surface area contributed by atoms with Crippen LogP contribution in [-0.2, 0) is 11.3 Å². The number of aryl methyl sites for hydroxylation is 1. The summed E-state index contributed by atoms with van der Waals surface area (Å²) in [7, 11) is 0. The minimum Gasteiger partial charge on any atom is -0.452 e. The Hall–Kier alpha value is -3.68. The molecule has 8 heteroatoms. The molecule has 2 amide bonds. The third-order valence-corrected chi connectivity index (χ3v) is 3.42. The normalized spacial score (nSPS) is 10.3. The first-order chi connectivity index (χ1) is 12.5. The predicted molar refractivity (Wildman–Crippen MR) is 93.2 cm³/mol. The van der Waals surface area contributed by atoms with Crippen LogP contribution in [0.25, 0.3) is 11.5 Å². The first-order valence-electron chi connectivity index (χ1n) is 7.74. The molecule has 0 aliphatic carbocycles. The molecule has 0 bridgehead atoms. The summed E-state index contributed by atoms with van der Waals surface area (Å²) < 4.78 is 10.7. The van der Waals surface area contributed by atoms with Gasteiger partial charge in [-0.2, -0.15) is 0 Å². The SMILES string of the molecule is Cc1cccc(-c2nnc(COC(=O)c3cccc(NC(N)=O)c3)o2)c1. The molecular weight excluding hydrogens is 336 g/mol. The number of esters is 1. The Morgan fingerprint density at radius 3 is 2.73 bits per heavy atom. The summed E-state index contributed by atoms with van der Waals surface area (Å²) in [6.07, 6.45) is 0. The average Bonchev–Trinajstić information content (AvgIpc) is 3.08. The van der Waals surface area contributed by atoms with Crippen molar-refractivity contribution in [3.05, 3.63) is 65.5 Å². The third-order valence-electron chi connectivity index (χ3n) is 3.42. The number of urea groups is 1. The Morgan fingerprint density at radius 2 is 1.96 bits per heavy atom. The zero-order valence-corrected chi connectivity index (χ0v) is 13.9. The van der Waals surface area contributed by atoms with Crippen LogP contribution < -0.4 is 11.1 Å². The molecule has 2 aromatic carbocycles. The van der Waals surface area contributed by atoms with Crippen LogP contribution in [-0.4, -0.2) is 22.2 Å². The van der Waals surface area contributed by atoms with E-state index < -0.39 is 12.0 Å². The topological polar surface area (TPSA) is 120 Å². The van der Waals surface area contributed by atoms with Gasteiger partial charge in [0.15, 0.2) is 6.61 Å². The molecule has 0 saturated heterocycles. The third kappa shape index (κ3) is 4.23. The molecule has 8 nitrogen and oxygen atoms in total. The summed E-state index contributed by atoms with van der Waals surface area (Å²) in [6.45, 7) is 1.80. The minimum absolute atomic E-state index is 0.162. The number of anilines is 1. The van der Waals surface area contributed by atoms with E-state index in [1.165, 1.54) is 6.07 Å². The maximum absolute atomic E-state index is 12.1. The van der Waals surface area contributed by atoms with E-state index in [0.717, 1.165) is 11.1 Å². The summed E-state index contributed by atoms with van der Waals surface area (Å²) in [4.78, 5) is 23.0. The zero-order valence-electron chi connectivity index (χ0n) is 13.9. The summed E-state index contributed by atoms with van der Waals surface area (Å²) in [6, 6.07) is 13.1. The summed E-state index contributed by atoms with van der Waals surface area (Å²) in [5.74, 6) is -0.0536. The number of carbonyl (C=O) groups excluding carboxylic acids is 2. The number of carbonyl (C=O) groups is 2. The lowest BCUT2D eigenvalue weighted by Gasteiger charge is -2.05. The second-order valence-electron chi connectivity index (χ2n) is 5.52. The Labute approximate surface area is 149 Å². The van der Waals surface area contributed by atoms with Crippen LogP contribution in [0.2, 0.25) is 0 Å². The lowest BCUT2D eigenvalue weighted by atomic mass is 10.1.